The lowest BCUT2D eigenvalue weighted by Crippen LogP contribution is -1.96. The van der Waals surface area contributed by atoms with Crippen LogP contribution in [0.15, 0.2) is 36.1 Å². The van der Waals surface area contributed by atoms with E-state index in [1.54, 1.807) is 0 Å². The van der Waals surface area contributed by atoms with Crippen LogP contribution in [0.2, 0.25) is 0 Å². The average Bonchev–Trinajstić information content (AvgIpc) is 1.88. The largest absolute Gasteiger partial charge is 0.402 e. The Morgan fingerprint density at radius 1 is 1.60 bits per heavy atom. The lowest BCUT2D eigenvalue weighted by molar-refractivity contribution is 0.986. The number of hydrogen-bond acceptors (Lipinski definition) is 1. The minimum Gasteiger partial charge on any atom is -0.402 e. The number of hydrogen-bond donors (Lipinski definition) is 1. The third kappa shape index (κ3) is 2.09. The van der Waals surface area contributed by atoms with E-state index in [2.05, 4.69) is 24.8 Å². The number of rotatable bonds is 2. The summed E-state index contributed by atoms with van der Waals surface area (Å²) in [5.41, 5.74) is 7.51. The zero-order valence-electron chi connectivity index (χ0n) is 6.14. The molecule has 0 atom stereocenters. The Labute approximate surface area is 61.9 Å². The van der Waals surface area contributed by atoms with Gasteiger partial charge in [-0.25, -0.2) is 0 Å². The first kappa shape index (κ1) is 7.13. The standard InChI is InChI=1S/C9H13N/c1-8(10)7-9-5-3-2-4-6-9/h3,5-6H,1-2,4,7,10H2. The Hall–Kier alpha value is -0.980. The quantitative estimate of drug-likeness (QED) is 0.616. The van der Waals surface area contributed by atoms with E-state index < -0.39 is 0 Å². The molecular formula is C9H13N. The van der Waals surface area contributed by atoms with Crippen LogP contribution in [0.25, 0.3) is 0 Å². The van der Waals surface area contributed by atoms with Gasteiger partial charge in [0.15, 0.2) is 0 Å². The molecule has 1 aliphatic carbocycles. The molecule has 2 N–H and O–H groups in total. The fourth-order valence-electron chi connectivity index (χ4n) is 1.06. The predicted molar refractivity (Wildman–Crippen MR) is 44.4 cm³/mol. The van der Waals surface area contributed by atoms with Crippen molar-refractivity contribution in [2.45, 2.75) is 19.3 Å². The lowest BCUT2D eigenvalue weighted by atomic mass is 10.0. The van der Waals surface area contributed by atoms with E-state index in [0.717, 1.165) is 18.5 Å². The summed E-state index contributed by atoms with van der Waals surface area (Å²) in [4.78, 5) is 0. The van der Waals surface area contributed by atoms with Crippen LogP contribution in [0.5, 0.6) is 0 Å². The van der Waals surface area contributed by atoms with Crippen molar-refractivity contribution in [2.24, 2.45) is 5.73 Å². The van der Waals surface area contributed by atoms with Gasteiger partial charge >= 0.3 is 0 Å². The summed E-state index contributed by atoms with van der Waals surface area (Å²) in [6, 6.07) is 0. The molecular weight excluding hydrogens is 122 g/mol. The molecule has 0 amide bonds. The van der Waals surface area contributed by atoms with E-state index in [-0.39, 0.29) is 0 Å². The monoisotopic (exact) mass is 135 g/mol. The predicted octanol–water partition coefficient (Wildman–Crippen LogP) is 2.13. The lowest BCUT2D eigenvalue weighted by Gasteiger charge is -2.05. The minimum atomic E-state index is 0.748. The average molecular weight is 135 g/mol. The highest BCUT2D eigenvalue weighted by atomic mass is 14.6. The van der Waals surface area contributed by atoms with Gasteiger partial charge in [-0.3, -0.25) is 0 Å². The van der Waals surface area contributed by atoms with Crippen LogP contribution in [0.3, 0.4) is 0 Å². The van der Waals surface area contributed by atoms with Crippen LogP contribution in [-0.4, -0.2) is 0 Å². The Morgan fingerprint density at radius 2 is 2.40 bits per heavy atom. The van der Waals surface area contributed by atoms with E-state index >= 15 is 0 Å². The van der Waals surface area contributed by atoms with Gasteiger partial charge in [-0.2, -0.15) is 0 Å². The van der Waals surface area contributed by atoms with Crippen molar-refractivity contribution in [3.05, 3.63) is 36.1 Å². The molecule has 0 aromatic rings. The molecule has 1 heteroatoms. The van der Waals surface area contributed by atoms with Gasteiger partial charge in [-0.05, 0) is 18.4 Å². The third-order valence-electron chi connectivity index (χ3n) is 1.50. The van der Waals surface area contributed by atoms with Gasteiger partial charge < -0.3 is 5.73 Å². The summed E-state index contributed by atoms with van der Waals surface area (Å²) in [5.74, 6) is 0. The maximum absolute atomic E-state index is 5.45. The summed E-state index contributed by atoms with van der Waals surface area (Å²) in [6.07, 6.45) is 9.67. The maximum atomic E-state index is 5.45. The molecule has 0 fully saturated rings. The molecule has 1 rings (SSSR count). The van der Waals surface area contributed by atoms with Crippen molar-refractivity contribution in [3.8, 4) is 0 Å². The highest BCUT2D eigenvalue weighted by Gasteiger charge is 1.96. The number of allylic oxidation sites excluding steroid dienone is 4. The molecule has 0 radical (unpaired) electrons. The van der Waals surface area contributed by atoms with E-state index in [0.29, 0.717) is 0 Å². The normalized spacial score (nSPS) is 16.6. The van der Waals surface area contributed by atoms with Gasteiger partial charge in [-0.1, -0.05) is 24.8 Å². The smallest absolute Gasteiger partial charge is 0.0111 e. The zero-order chi connectivity index (χ0) is 7.40. The molecule has 0 aliphatic heterocycles. The fraction of sp³-hybridized carbons (Fsp3) is 0.333. The molecule has 0 heterocycles. The second-order valence-corrected chi connectivity index (χ2v) is 2.59. The molecule has 0 aromatic heterocycles. The van der Waals surface area contributed by atoms with Gasteiger partial charge in [-0.15, -0.1) is 0 Å². The maximum Gasteiger partial charge on any atom is 0.0111 e. The molecule has 0 unspecified atom stereocenters. The van der Waals surface area contributed by atoms with Crippen LogP contribution in [0.1, 0.15) is 19.3 Å². The highest BCUT2D eigenvalue weighted by Crippen LogP contribution is 2.14. The molecule has 1 aliphatic rings. The molecule has 0 spiro atoms. The summed E-state index contributed by atoms with van der Waals surface area (Å²) in [7, 11) is 0. The van der Waals surface area contributed by atoms with E-state index in [4.69, 9.17) is 5.73 Å². The highest BCUT2D eigenvalue weighted by molar-refractivity contribution is 5.25. The molecule has 0 saturated carbocycles. The summed E-state index contributed by atoms with van der Waals surface area (Å²) < 4.78 is 0. The Bertz CT molecular complexity index is 187. The van der Waals surface area contributed by atoms with Gasteiger partial charge in [0.05, 0.1) is 0 Å². The molecule has 0 bridgehead atoms. The Morgan fingerprint density at radius 3 is 2.90 bits per heavy atom. The Kier molecular flexibility index (Phi) is 2.32. The van der Waals surface area contributed by atoms with Crippen molar-refractivity contribution in [1.82, 2.24) is 0 Å². The molecule has 0 saturated heterocycles. The third-order valence-corrected chi connectivity index (χ3v) is 1.50. The second kappa shape index (κ2) is 3.25. The van der Waals surface area contributed by atoms with Crippen LogP contribution in [0, 0.1) is 0 Å². The SMILES string of the molecule is C=C(N)CC1=CCCC=C1. The minimum absolute atomic E-state index is 0.748. The van der Waals surface area contributed by atoms with Crippen LogP contribution in [-0.2, 0) is 0 Å². The summed E-state index contributed by atoms with van der Waals surface area (Å²) >= 11 is 0. The Balaban J connectivity index is 2.48. The van der Waals surface area contributed by atoms with Crippen LogP contribution >= 0.6 is 0 Å². The molecule has 54 valence electrons. The van der Waals surface area contributed by atoms with Crippen molar-refractivity contribution in [3.63, 3.8) is 0 Å². The molecule has 0 aromatic carbocycles. The van der Waals surface area contributed by atoms with Gasteiger partial charge in [0, 0.05) is 12.1 Å². The summed E-state index contributed by atoms with van der Waals surface area (Å²) in [6.45, 7) is 3.65. The van der Waals surface area contributed by atoms with Gasteiger partial charge in [0.2, 0.25) is 0 Å². The van der Waals surface area contributed by atoms with E-state index in [1.807, 2.05) is 0 Å². The molecule has 10 heavy (non-hydrogen) atoms. The van der Waals surface area contributed by atoms with Crippen molar-refractivity contribution in [2.75, 3.05) is 0 Å². The van der Waals surface area contributed by atoms with Gasteiger partial charge in [0.1, 0.15) is 0 Å². The van der Waals surface area contributed by atoms with Crippen LogP contribution in [0.4, 0.5) is 0 Å². The van der Waals surface area contributed by atoms with Crippen LogP contribution < -0.4 is 5.73 Å². The second-order valence-electron chi connectivity index (χ2n) is 2.59. The number of nitrogens with two attached hydrogens (primary N) is 1. The first-order valence-corrected chi connectivity index (χ1v) is 3.58. The van der Waals surface area contributed by atoms with E-state index in [1.165, 1.54) is 12.0 Å². The van der Waals surface area contributed by atoms with Crippen molar-refractivity contribution >= 4 is 0 Å². The first-order chi connectivity index (χ1) is 4.79. The zero-order valence-corrected chi connectivity index (χ0v) is 6.14. The summed E-state index contributed by atoms with van der Waals surface area (Å²) in [5, 5.41) is 0. The van der Waals surface area contributed by atoms with Crippen molar-refractivity contribution < 1.29 is 0 Å². The van der Waals surface area contributed by atoms with Crippen molar-refractivity contribution in [1.29, 1.82) is 0 Å². The topological polar surface area (TPSA) is 26.0 Å². The van der Waals surface area contributed by atoms with E-state index in [9.17, 15) is 0 Å². The van der Waals surface area contributed by atoms with Gasteiger partial charge in [0.25, 0.3) is 0 Å². The fourth-order valence-corrected chi connectivity index (χ4v) is 1.06. The molecule has 1 nitrogen and oxygen atoms in total. The first-order valence-electron chi connectivity index (χ1n) is 3.58.